The van der Waals surface area contributed by atoms with Gasteiger partial charge in [-0.25, -0.2) is 4.98 Å². The maximum atomic E-state index is 12.1. The van der Waals surface area contributed by atoms with Crippen LogP contribution in [-0.4, -0.2) is 52.4 Å². The Kier molecular flexibility index (Phi) is 4.90. The van der Waals surface area contributed by atoms with E-state index in [0.717, 1.165) is 43.8 Å². The van der Waals surface area contributed by atoms with Gasteiger partial charge in [0, 0.05) is 26.1 Å². The molecule has 130 valence electrons. The average Bonchev–Trinajstić information content (AvgIpc) is 2.92. The molecule has 0 saturated carbocycles. The summed E-state index contributed by atoms with van der Waals surface area (Å²) in [5, 5.41) is 0. The Bertz CT molecular complexity index is 711. The van der Waals surface area contributed by atoms with Crippen molar-refractivity contribution in [1.82, 2.24) is 19.4 Å². The molecule has 0 radical (unpaired) electrons. The van der Waals surface area contributed by atoms with E-state index < -0.39 is 0 Å². The van der Waals surface area contributed by atoms with E-state index in [9.17, 15) is 4.79 Å². The van der Waals surface area contributed by atoms with Gasteiger partial charge in [0.2, 0.25) is 5.91 Å². The zero-order chi connectivity index (χ0) is 17.3. The number of hydrogen-bond acceptors (Lipinski definition) is 3. The molecule has 5 nitrogen and oxygen atoms in total. The number of piperidine rings is 1. The van der Waals surface area contributed by atoms with Crippen molar-refractivity contribution < 1.29 is 4.79 Å². The summed E-state index contributed by atoms with van der Waals surface area (Å²) in [4.78, 5) is 21.1. The number of likely N-dealkylation sites (tertiary alicyclic amines) is 1. The van der Waals surface area contributed by atoms with E-state index in [1.807, 2.05) is 20.2 Å². The Labute approximate surface area is 144 Å². The highest BCUT2D eigenvalue weighted by Gasteiger charge is 2.27. The fraction of sp³-hybridized carbons (Fsp3) is 0.579. The Hall–Kier alpha value is -1.88. The highest BCUT2D eigenvalue weighted by atomic mass is 16.2. The van der Waals surface area contributed by atoms with Crippen LogP contribution in [0.3, 0.4) is 0 Å². The van der Waals surface area contributed by atoms with Crippen molar-refractivity contribution in [2.24, 2.45) is 5.92 Å². The van der Waals surface area contributed by atoms with E-state index in [0.29, 0.717) is 6.04 Å². The molecule has 1 aliphatic heterocycles. The Balaban J connectivity index is 1.72. The molecule has 1 fully saturated rings. The first-order valence-corrected chi connectivity index (χ1v) is 8.86. The van der Waals surface area contributed by atoms with Crippen molar-refractivity contribution in [3.63, 3.8) is 0 Å². The highest BCUT2D eigenvalue weighted by molar-refractivity contribution is 5.78. The number of para-hydroxylation sites is 2. The van der Waals surface area contributed by atoms with Gasteiger partial charge in [0.1, 0.15) is 5.82 Å². The minimum absolute atomic E-state index is 0.181. The van der Waals surface area contributed by atoms with Gasteiger partial charge < -0.3 is 9.47 Å². The van der Waals surface area contributed by atoms with E-state index >= 15 is 0 Å². The van der Waals surface area contributed by atoms with Crippen molar-refractivity contribution in [1.29, 1.82) is 0 Å². The normalized spacial score (nSPS) is 16.9. The summed E-state index contributed by atoms with van der Waals surface area (Å²) in [5.74, 6) is 1.58. The predicted molar refractivity (Wildman–Crippen MR) is 96.8 cm³/mol. The molecule has 24 heavy (non-hydrogen) atoms. The largest absolute Gasteiger partial charge is 0.349 e. The fourth-order valence-corrected chi connectivity index (χ4v) is 3.69. The number of benzene rings is 1. The first kappa shape index (κ1) is 17.0. The van der Waals surface area contributed by atoms with Gasteiger partial charge in [0.15, 0.2) is 0 Å². The molecule has 5 heteroatoms. The first-order chi connectivity index (χ1) is 11.5. The number of nitrogens with zero attached hydrogens (tertiary/aromatic N) is 4. The van der Waals surface area contributed by atoms with Crippen LogP contribution in [-0.2, 0) is 11.3 Å². The zero-order valence-corrected chi connectivity index (χ0v) is 15.2. The number of carbonyl (C=O) groups excluding carboxylic acids is 1. The highest BCUT2D eigenvalue weighted by Crippen LogP contribution is 2.24. The molecule has 2 aromatic rings. The summed E-state index contributed by atoms with van der Waals surface area (Å²) in [5.41, 5.74) is 2.28. The molecular formula is C19H28N4O. The van der Waals surface area contributed by atoms with Crippen molar-refractivity contribution in [3.8, 4) is 0 Å². The molecule has 0 N–H and O–H groups in total. The minimum Gasteiger partial charge on any atom is -0.349 e. The van der Waals surface area contributed by atoms with Crippen LogP contribution in [0.5, 0.6) is 0 Å². The van der Waals surface area contributed by atoms with Crippen molar-refractivity contribution in [3.05, 3.63) is 30.1 Å². The molecule has 1 amide bonds. The number of imidazole rings is 1. The lowest BCUT2D eigenvalue weighted by molar-refractivity contribution is -0.134. The van der Waals surface area contributed by atoms with Crippen LogP contribution in [0.15, 0.2) is 24.3 Å². The minimum atomic E-state index is 0.181. The second-order valence-corrected chi connectivity index (χ2v) is 7.26. The van der Waals surface area contributed by atoms with Gasteiger partial charge in [0.05, 0.1) is 17.6 Å². The van der Waals surface area contributed by atoms with E-state index in [1.54, 1.807) is 4.90 Å². The molecule has 0 bridgehead atoms. The van der Waals surface area contributed by atoms with E-state index in [4.69, 9.17) is 4.98 Å². The van der Waals surface area contributed by atoms with Gasteiger partial charge in [-0.05, 0) is 51.9 Å². The third-order valence-corrected chi connectivity index (χ3v) is 4.93. The van der Waals surface area contributed by atoms with Gasteiger partial charge in [-0.1, -0.05) is 12.1 Å². The van der Waals surface area contributed by atoms with Crippen LogP contribution in [0.1, 0.15) is 38.6 Å². The van der Waals surface area contributed by atoms with Crippen LogP contribution in [0.25, 0.3) is 11.0 Å². The monoisotopic (exact) mass is 328 g/mol. The number of hydrogen-bond donors (Lipinski definition) is 0. The molecule has 1 aromatic heterocycles. The maximum Gasteiger partial charge on any atom is 0.225 e. The Morgan fingerprint density at radius 2 is 1.92 bits per heavy atom. The van der Waals surface area contributed by atoms with Crippen LogP contribution in [0.4, 0.5) is 0 Å². The summed E-state index contributed by atoms with van der Waals surface area (Å²) in [7, 11) is 3.69. The third-order valence-electron chi connectivity index (χ3n) is 4.93. The lowest BCUT2D eigenvalue weighted by Crippen LogP contribution is -2.40. The van der Waals surface area contributed by atoms with Crippen LogP contribution < -0.4 is 0 Å². The summed E-state index contributed by atoms with van der Waals surface area (Å²) < 4.78 is 2.34. The number of aromatic nitrogens is 2. The van der Waals surface area contributed by atoms with Crippen LogP contribution in [0, 0.1) is 5.92 Å². The van der Waals surface area contributed by atoms with Crippen molar-refractivity contribution in [2.75, 3.05) is 27.2 Å². The topological polar surface area (TPSA) is 41.4 Å². The smallest absolute Gasteiger partial charge is 0.225 e. The van der Waals surface area contributed by atoms with E-state index in [1.165, 1.54) is 5.52 Å². The van der Waals surface area contributed by atoms with Crippen LogP contribution in [0.2, 0.25) is 0 Å². The van der Waals surface area contributed by atoms with Crippen molar-refractivity contribution in [2.45, 2.75) is 39.3 Å². The van der Waals surface area contributed by atoms with Crippen LogP contribution >= 0.6 is 0 Å². The zero-order valence-electron chi connectivity index (χ0n) is 15.2. The third kappa shape index (κ3) is 3.31. The second kappa shape index (κ2) is 6.93. The van der Waals surface area contributed by atoms with Gasteiger partial charge in [0.25, 0.3) is 0 Å². The average molecular weight is 328 g/mol. The molecule has 0 spiro atoms. The lowest BCUT2D eigenvalue weighted by Gasteiger charge is -2.32. The summed E-state index contributed by atoms with van der Waals surface area (Å²) in [6.07, 6.45) is 1.89. The van der Waals surface area contributed by atoms with E-state index in [2.05, 4.69) is 41.5 Å². The molecule has 0 atom stereocenters. The maximum absolute atomic E-state index is 12.1. The molecule has 1 aliphatic rings. The molecule has 1 saturated heterocycles. The number of carbonyl (C=O) groups is 1. The summed E-state index contributed by atoms with van der Waals surface area (Å²) >= 11 is 0. The lowest BCUT2D eigenvalue weighted by atomic mass is 9.95. The van der Waals surface area contributed by atoms with Gasteiger partial charge in [-0.15, -0.1) is 0 Å². The quantitative estimate of drug-likeness (QED) is 0.866. The standard InChI is InChI=1S/C19H28N4O/c1-14(2)23-17-8-6-5-7-16(17)20-18(23)13-22-11-9-15(10-12-22)19(24)21(3)4/h5-8,14-15H,9-13H2,1-4H3. The fourth-order valence-electron chi connectivity index (χ4n) is 3.69. The number of rotatable bonds is 4. The Morgan fingerprint density at radius 1 is 1.25 bits per heavy atom. The number of fused-ring (bicyclic) bond motifs is 1. The number of amides is 1. The van der Waals surface area contributed by atoms with Crippen molar-refractivity contribution >= 4 is 16.9 Å². The molecule has 3 rings (SSSR count). The summed E-state index contributed by atoms with van der Waals surface area (Å²) in [6.45, 7) is 7.20. The van der Waals surface area contributed by atoms with Gasteiger partial charge in [-0.2, -0.15) is 0 Å². The predicted octanol–water partition coefficient (Wildman–Crippen LogP) is 2.92. The molecule has 1 aromatic carbocycles. The van der Waals surface area contributed by atoms with Gasteiger partial charge >= 0.3 is 0 Å². The second-order valence-electron chi connectivity index (χ2n) is 7.26. The van der Waals surface area contributed by atoms with E-state index in [-0.39, 0.29) is 11.8 Å². The molecular weight excluding hydrogens is 300 g/mol. The molecule has 0 aliphatic carbocycles. The SMILES string of the molecule is CC(C)n1c(CN2CCC(C(=O)N(C)C)CC2)nc2ccccc21. The molecule has 2 heterocycles. The summed E-state index contributed by atoms with van der Waals surface area (Å²) in [6, 6.07) is 8.74. The Morgan fingerprint density at radius 3 is 2.54 bits per heavy atom. The van der Waals surface area contributed by atoms with Gasteiger partial charge in [-0.3, -0.25) is 9.69 Å². The molecule has 0 unspecified atom stereocenters. The first-order valence-electron chi connectivity index (χ1n) is 8.86.